The van der Waals surface area contributed by atoms with Crippen molar-refractivity contribution in [1.29, 1.82) is 0 Å². The monoisotopic (exact) mass is 180 g/mol. The fourth-order valence-corrected chi connectivity index (χ4v) is 0.860. The fraction of sp³-hybridized carbons (Fsp3) is 0.364. The van der Waals surface area contributed by atoms with Crippen LogP contribution in [0.1, 0.15) is 27.2 Å². The van der Waals surface area contributed by atoms with Gasteiger partial charge in [0.1, 0.15) is 0 Å². The van der Waals surface area contributed by atoms with Crippen LogP contribution in [0, 0.1) is 0 Å². The second-order valence-electron chi connectivity index (χ2n) is 2.63. The quantitative estimate of drug-likeness (QED) is 0.360. The van der Waals surface area contributed by atoms with Crippen LogP contribution in [-0.4, -0.2) is 4.86 Å². The van der Waals surface area contributed by atoms with E-state index in [0.717, 1.165) is 11.3 Å². The summed E-state index contributed by atoms with van der Waals surface area (Å²) in [5.41, 5.74) is 1.37. The van der Waals surface area contributed by atoms with Crippen LogP contribution in [0.25, 0.3) is 0 Å². The predicted octanol–water partition coefficient (Wildman–Crippen LogP) is 3.84. The lowest BCUT2D eigenvalue weighted by Crippen LogP contribution is -1.78. The third-order valence-corrected chi connectivity index (χ3v) is 1.80. The zero-order valence-electron chi connectivity index (χ0n) is 8.00. The van der Waals surface area contributed by atoms with E-state index in [9.17, 15) is 0 Å². The third-order valence-electron chi connectivity index (χ3n) is 1.53. The summed E-state index contributed by atoms with van der Waals surface area (Å²) >= 11 is 5.04. The van der Waals surface area contributed by atoms with Crippen LogP contribution in [0.2, 0.25) is 0 Å². The van der Waals surface area contributed by atoms with Gasteiger partial charge in [-0.2, -0.15) is 0 Å². The summed E-state index contributed by atoms with van der Waals surface area (Å²) in [6.45, 7) is 6.22. The highest BCUT2D eigenvalue weighted by atomic mass is 32.1. The van der Waals surface area contributed by atoms with Crippen LogP contribution in [0.4, 0.5) is 0 Å². The summed E-state index contributed by atoms with van der Waals surface area (Å²) < 4.78 is 0. The lowest BCUT2D eigenvalue weighted by Gasteiger charge is -1.89. The molecule has 12 heavy (non-hydrogen) atoms. The molecule has 0 saturated heterocycles. The summed E-state index contributed by atoms with van der Waals surface area (Å²) in [6, 6.07) is 0. The van der Waals surface area contributed by atoms with E-state index in [4.69, 9.17) is 12.2 Å². The predicted molar refractivity (Wildman–Crippen MR) is 60.6 cm³/mol. The molecule has 0 aromatic heterocycles. The summed E-state index contributed by atoms with van der Waals surface area (Å²) in [7, 11) is 0. The molecule has 1 heteroatoms. The van der Waals surface area contributed by atoms with E-state index in [1.165, 1.54) is 5.57 Å². The molecule has 0 fully saturated rings. The molecular formula is C11H16S. The van der Waals surface area contributed by atoms with Crippen molar-refractivity contribution in [2.24, 2.45) is 0 Å². The van der Waals surface area contributed by atoms with E-state index in [1.807, 2.05) is 31.2 Å². The molecule has 0 spiro atoms. The van der Waals surface area contributed by atoms with E-state index in [2.05, 4.69) is 19.9 Å². The summed E-state index contributed by atoms with van der Waals surface area (Å²) in [6.07, 6.45) is 11.0. The van der Waals surface area contributed by atoms with Crippen molar-refractivity contribution in [3.63, 3.8) is 0 Å². The molecule has 0 atom stereocenters. The lowest BCUT2D eigenvalue weighted by molar-refractivity contribution is 1.10. The Morgan fingerprint density at radius 2 is 2.00 bits per heavy atom. The Balaban J connectivity index is 3.99. The molecule has 0 nitrogen and oxygen atoms in total. The maximum atomic E-state index is 5.04. The Morgan fingerprint density at radius 3 is 2.50 bits per heavy atom. The van der Waals surface area contributed by atoms with Gasteiger partial charge in [-0.3, -0.25) is 0 Å². The molecule has 0 aromatic carbocycles. The Bertz CT molecular complexity index is 219. The van der Waals surface area contributed by atoms with Gasteiger partial charge in [-0.25, -0.2) is 0 Å². The molecule has 0 saturated carbocycles. The first kappa shape index (κ1) is 11.3. The number of hydrogen-bond acceptors (Lipinski definition) is 1. The molecule has 0 aliphatic rings. The van der Waals surface area contributed by atoms with Gasteiger partial charge in [-0.05, 0) is 32.4 Å². The van der Waals surface area contributed by atoms with Crippen molar-refractivity contribution in [3.05, 3.63) is 36.0 Å². The first-order chi connectivity index (χ1) is 5.70. The minimum absolute atomic E-state index is 0.873. The van der Waals surface area contributed by atoms with E-state index < -0.39 is 0 Å². The minimum atomic E-state index is 0.873. The van der Waals surface area contributed by atoms with E-state index in [1.54, 1.807) is 0 Å². The molecule has 0 heterocycles. The number of thiocarbonyl (C=S) groups is 1. The molecule has 0 bridgehead atoms. The van der Waals surface area contributed by atoms with Crippen LogP contribution < -0.4 is 0 Å². The average Bonchev–Trinajstić information content (AvgIpc) is 2.04. The van der Waals surface area contributed by atoms with Crippen LogP contribution >= 0.6 is 12.2 Å². The molecular weight excluding hydrogens is 164 g/mol. The Hall–Kier alpha value is -0.690. The Kier molecular flexibility index (Phi) is 6.58. The van der Waals surface area contributed by atoms with Crippen LogP contribution in [0.3, 0.4) is 0 Å². The Morgan fingerprint density at radius 1 is 1.33 bits per heavy atom. The highest BCUT2D eigenvalue weighted by Gasteiger charge is 1.80. The largest absolute Gasteiger partial charge is 0.0862 e. The SMILES string of the molecule is C/C=C\C(=S)/C=C\C=C(/C)CC. The molecule has 0 unspecified atom stereocenters. The normalized spacial score (nSPS) is 13.1. The van der Waals surface area contributed by atoms with Crippen molar-refractivity contribution in [3.8, 4) is 0 Å². The number of rotatable bonds is 4. The van der Waals surface area contributed by atoms with Gasteiger partial charge in [0.05, 0.1) is 0 Å². The van der Waals surface area contributed by atoms with Crippen molar-refractivity contribution in [2.45, 2.75) is 27.2 Å². The van der Waals surface area contributed by atoms with Gasteiger partial charge < -0.3 is 0 Å². The van der Waals surface area contributed by atoms with Crippen LogP contribution in [0.15, 0.2) is 36.0 Å². The highest BCUT2D eigenvalue weighted by molar-refractivity contribution is 7.81. The van der Waals surface area contributed by atoms with Crippen molar-refractivity contribution in [2.75, 3.05) is 0 Å². The maximum Gasteiger partial charge on any atom is 0.0373 e. The van der Waals surface area contributed by atoms with E-state index >= 15 is 0 Å². The van der Waals surface area contributed by atoms with Gasteiger partial charge in [-0.15, -0.1) is 0 Å². The summed E-state index contributed by atoms with van der Waals surface area (Å²) in [5.74, 6) is 0. The van der Waals surface area contributed by atoms with Crippen molar-refractivity contribution >= 4 is 17.1 Å². The number of allylic oxidation sites excluding steroid dienone is 6. The minimum Gasteiger partial charge on any atom is -0.0862 e. The van der Waals surface area contributed by atoms with Gasteiger partial charge in [0.25, 0.3) is 0 Å². The zero-order valence-corrected chi connectivity index (χ0v) is 8.82. The fourth-order valence-electron chi connectivity index (χ4n) is 0.645. The summed E-state index contributed by atoms with van der Waals surface area (Å²) in [5, 5.41) is 0. The third kappa shape index (κ3) is 6.05. The smallest absolute Gasteiger partial charge is 0.0373 e. The molecule has 66 valence electrons. The van der Waals surface area contributed by atoms with Gasteiger partial charge in [0.15, 0.2) is 0 Å². The van der Waals surface area contributed by atoms with Gasteiger partial charge >= 0.3 is 0 Å². The maximum absolute atomic E-state index is 5.04. The average molecular weight is 180 g/mol. The van der Waals surface area contributed by atoms with Gasteiger partial charge in [0.2, 0.25) is 0 Å². The number of hydrogen-bond donors (Lipinski definition) is 0. The molecule has 0 aliphatic heterocycles. The first-order valence-electron chi connectivity index (χ1n) is 4.21. The first-order valence-corrected chi connectivity index (χ1v) is 4.62. The van der Waals surface area contributed by atoms with E-state index in [0.29, 0.717) is 0 Å². The van der Waals surface area contributed by atoms with E-state index in [-0.39, 0.29) is 0 Å². The molecule has 0 N–H and O–H groups in total. The summed E-state index contributed by atoms with van der Waals surface area (Å²) in [4.78, 5) is 0.873. The standard InChI is InChI=1S/C11H16S/c1-4-7-11(12)9-6-8-10(3)5-2/h4,6-9H,5H2,1-3H3/b7-4-,9-6-,10-8+. The molecule has 0 aliphatic carbocycles. The topological polar surface area (TPSA) is 0 Å². The molecule has 0 aromatic rings. The lowest BCUT2D eigenvalue weighted by atomic mass is 10.2. The molecule has 0 radical (unpaired) electrons. The van der Waals surface area contributed by atoms with Crippen molar-refractivity contribution < 1.29 is 0 Å². The van der Waals surface area contributed by atoms with Gasteiger partial charge in [-0.1, -0.05) is 42.9 Å². The second kappa shape index (κ2) is 6.99. The van der Waals surface area contributed by atoms with Crippen molar-refractivity contribution in [1.82, 2.24) is 0 Å². The highest BCUT2D eigenvalue weighted by Crippen LogP contribution is 1.97. The molecule has 0 rings (SSSR count). The van der Waals surface area contributed by atoms with Gasteiger partial charge in [0, 0.05) is 4.86 Å². The zero-order chi connectivity index (χ0) is 9.40. The second-order valence-corrected chi connectivity index (χ2v) is 3.10. The van der Waals surface area contributed by atoms with Crippen LogP contribution in [-0.2, 0) is 0 Å². The molecule has 0 amide bonds. The van der Waals surface area contributed by atoms with Crippen LogP contribution in [0.5, 0.6) is 0 Å². The Labute approximate surface area is 80.7 Å².